The van der Waals surface area contributed by atoms with Gasteiger partial charge in [-0.1, -0.05) is 0 Å². The van der Waals surface area contributed by atoms with E-state index < -0.39 is 45.5 Å². The van der Waals surface area contributed by atoms with Gasteiger partial charge in [0.05, 0.1) is 15.9 Å². The fraction of sp³-hybridized carbons (Fsp3) is 0.500. The van der Waals surface area contributed by atoms with Gasteiger partial charge in [0.25, 0.3) is 0 Å². The van der Waals surface area contributed by atoms with Crippen LogP contribution in [0.25, 0.3) is 0 Å². The minimum absolute atomic E-state index is 0.686. The Hall–Kier alpha value is -1.83. The van der Waals surface area contributed by atoms with Crippen LogP contribution in [0, 0.1) is 0 Å². The van der Waals surface area contributed by atoms with Crippen molar-refractivity contribution in [1.29, 1.82) is 0 Å². The van der Waals surface area contributed by atoms with Gasteiger partial charge in [0.15, 0.2) is 0 Å². The summed E-state index contributed by atoms with van der Waals surface area (Å²) in [5.74, 6) is -5.23. The number of ether oxygens (including phenoxy) is 1. The molecule has 0 radical (unpaired) electrons. The third-order valence-electron chi connectivity index (χ3n) is 2.28. The molecule has 126 valence electrons. The molecule has 0 saturated heterocycles. The zero-order valence-electron chi connectivity index (χ0n) is 10.0. The molecule has 1 rings (SSSR count). The molecule has 0 amide bonds. The Morgan fingerprint density at radius 3 is 2.05 bits per heavy atom. The Morgan fingerprint density at radius 1 is 1.23 bits per heavy atom. The summed E-state index contributed by atoms with van der Waals surface area (Å²) in [7, 11) is -6.06. The number of rotatable bonds is 4. The number of esters is 1. The molecule has 0 aromatic carbocycles. The summed E-state index contributed by atoms with van der Waals surface area (Å²) >= 11 is 0. The Labute approximate surface area is 118 Å². The van der Waals surface area contributed by atoms with Gasteiger partial charge in [-0.2, -0.15) is 31.4 Å². The lowest BCUT2D eigenvalue weighted by Gasteiger charge is -2.36. The first kappa shape index (κ1) is 18.2. The van der Waals surface area contributed by atoms with E-state index in [0.29, 0.717) is 6.07 Å². The van der Waals surface area contributed by atoms with E-state index in [9.17, 15) is 44.1 Å². The molecule has 14 heteroatoms. The summed E-state index contributed by atoms with van der Waals surface area (Å²) in [5, 5.41) is 4.84. The number of H-pyrrole nitrogens is 1. The molecule has 1 heterocycles. The summed E-state index contributed by atoms with van der Waals surface area (Å²) in [5.41, 5.74) is -6.40. The predicted octanol–water partition coefficient (Wildman–Crippen LogP) is 0.975. The van der Waals surface area contributed by atoms with E-state index in [1.165, 1.54) is 0 Å². The van der Waals surface area contributed by atoms with Crippen molar-refractivity contribution in [1.82, 2.24) is 10.2 Å². The van der Waals surface area contributed by atoms with E-state index in [0.717, 1.165) is 6.20 Å². The van der Waals surface area contributed by atoms with Crippen molar-refractivity contribution in [3.63, 3.8) is 0 Å². The number of nitrogens with zero attached hydrogens (tertiary/aromatic N) is 1. The normalized spacial score (nSPS) is 14.0. The van der Waals surface area contributed by atoms with Gasteiger partial charge in [0.1, 0.15) is 5.69 Å². The number of hydrogen-bond acceptors (Lipinski definition) is 6. The van der Waals surface area contributed by atoms with Crippen molar-refractivity contribution in [2.45, 2.75) is 18.0 Å². The number of aromatic nitrogens is 2. The zero-order valence-corrected chi connectivity index (χ0v) is 10.8. The highest BCUT2D eigenvalue weighted by atomic mass is 32.2. The maximum atomic E-state index is 12.8. The average molecular weight is 355 g/mol. The van der Waals surface area contributed by atoms with Gasteiger partial charge >= 0.3 is 23.9 Å². The molecule has 0 aliphatic rings. The molecule has 0 bridgehead atoms. The van der Waals surface area contributed by atoms with Crippen LogP contribution in [0.5, 0.6) is 0 Å². The molecular weight excluding hydrogens is 350 g/mol. The fourth-order valence-electron chi connectivity index (χ4n) is 1.30. The lowest BCUT2D eigenvalue weighted by Crippen LogP contribution is -2.63. The van der Waals surface area contributed by atoms with Crippen LogP contribution in [0.2, 0.25) is 0 Å². The second-order valence-electron chi connectivity index (χ2n) is 3.88. The number of carbonyl (C=O) groups is 1. The molecule has 0 fully saturated rings. The van der Waals surface area contributed by atoms with Crippen molar-refractivity contribution in [3.8, 4) is 0 Å². The monoisotopic (exact) mass is 355 g/mol. The van der Waals surface area contributed by atoms with Crippen molar-refractivity contribution in [2.24, 2.45) is 0 Å². The third kappa shape index (κ3) is 3.68. The maximum Gasteiger partial charge on any atom is 0.438 e. The molecule has 1 aromatic rings. The van der Waals surface area contributed by atoms with Gasteiger partial charge in [0, 0.05) is 6.20 Å². The second kappa shape index (κ2) is 5.42. The predicted molar refractivity (Wildman–Crippen MR) is 53.4 cm³/mol. The first-order valence-corrected chi connectivity index (χ1v) is 6.57. The standard InChI is InChI=1S/C8H6F6N2O5S/c9-7(10,11)6(8(12,13)14,3-22(18,19)20)21-5(17)4-1-2-15-16-4/h1-2H,3H2,(H,15,16)(H,18,19,20)/p-1. The highest BCUT2D eigenvalue weighted by molar-refractivity contribution is 7.85. The van der Waals surface area contributed by atoms with Gasteiger partial charge in [0.2, 0.25) is 0 Å². The van der Waals surface area contributed by atoms with Crippen LogP contribution >= 0.6 is 0 Å². The topological polar surface area (TPSA) is 112 Å². The minimum Gasteiger partial charge on any atom is -0.748 e. The number of nitrogens with one attached hydrogen (secondary N) is 1. The van der Waals surface area contributed by atoms with Crippen LogP contribution in [-0.4, -0.2) is 52.8 Å². The Morgan fingerprint density at radius 2 is 1.73 bits per heavy atom. The summed E-state index contributed by atoms with van der Waals surface area (Å²) in [4.78, 5) is 11.3. The Kier molecular flexibility index (Phi) is 4.49. The molecule has 0 unspecified atom stereocenters. The molecule has 0 saturated carbocycles. The van der Waals surface area contributed by atoms with Crippen LogP contribution in [-0.2, 0) is 14.9 Å². The second-order valence-corrected chi connectivity index (χ2v) is 5.29. The largest absolute Gasteiger partial charge is 0.748 e. The fourth-order valence-corrected chi connectivity index (χ4v) is 2.19. The zero-order chi connectivity index (χ0) is 17.4. The molecule has 22 heavy (non-hydrogen) atoms. The molecule has 0 atom stereocenters. The number of aromatic amines is 1. The van der Waals surface area contributed by atoms with Crippen LogP contribution < -0.4 is 0 Å². The van der Waals surface area contributed by atoms with E-state index in [4.69, 9.17) is 0 Å². The van der Waals surface area contributed by atoms with Crippen molar-refractivity contribution >= 4 is 16.1 Å². The molecule has 0 aliphatic heterocycles. The molecule has 1 N–H and O–H groups in total. The van der Waals surface area contributed by atoms with Crippen molar-refractivity contribution in [2.75, 3.05) is 5.75 Å². The first-order valence-electron chi connectivity index (χ1n) is 4.99. The van der Waals surface area contributed by atoms with Gasteiger partial charge < -0.3 is 9.29 Å². The van der Waals surface area contributed by atoms with Crippen LogP contribution in [0.4, 0.5) is 26.3 Å². The third-order valence-corrected chi connectivity index (χ3v) is 3.04. The van der Waals surface area contributed by atoms with E-state index >= 15 is 0 Å². The van der Waals surface area contributed by atoms with Crippen LogP contribution in [0.1, 0.15) is 10.5 Å². The van der Waals surface area contributed by atoms with Gasteiger partial charge in [-0.25, -0.2) is 13.2 Å². The molecular formula is C8H5F6N2O5S-. The molecule has 1 aromatic heterocycles. The smallest absolute Gasteiger partial charge is 0.438 e. The van der Waals surface area contributed by atoms with Crippen LogP contribution in [0.3, 0.4) is 0 Å². The van der Waals surface area contributed by atoms with E-state index in [2.05, 4.69) is 9.84 Å². The Bertz CT molecular complexity index is 621. The van der Waals surface area contributed by atoms with Gasteiger partial charge in [-0.05, 0) is 6.07 Å². The summed E-state index contributed by atoms with van der Waals surface area (Å²) in [6.07, 6.45) is -12.0. The van der Waals surface area contributed by atoms with E-state index in [1.54, 1.807) is 5.10 Å². The van der Waals surface area contributed by atoms with Gasteiger partial charge in [-0.3, -0.25) is 5.10 Å². The number of carbonyl (C=O) groups excluding carboxylic acids is 1. The quantitative estimate of drug-likeness (QED) is 0.489. The van der Waals surface area contributed by atoms with E-state index in [1.807, 2.05) is 0 Å². The number of alkyl halides is 6. The number of hydrogen-bond donors (Lipinski definition) is 1. The first-order chi connectivity index (χ1) is 9.70. The highest BCUT2D eigenvalue weighted by Gasteiger charge is 2.75. The average Bonchev–Trinajstić information content (AvgIpc) is 2.75. The van der Waals surface area contributed by atoms with Crippen molar-refractivity contribution in [3.05, 3.63) is 18.0 Å². The molecule has 0 spiro atoms. The van der Waals surface area contributed by atoms with Crippen molar-refractivity contribution < 1.29 is 48.8 Å². The number of halogens is 6. The van der Waals surface area contributed by atoms with Gasteiger partial charge in [-0.15, -0.1) is 0 Å². The van der Waals surface area contributed by atoms with E-state index in [-0.39, 0.29) is 0 Å². The SMILES string of the molecule is O=C(OC(CS(=O)(=O)[O-])(C(F)(F)F)C(F)(F)F)c1ccn[nH]1. The lowest BCUT2D eigenvalue weighted by molar-refractivity contribution is -0.356. The minimum atomic E-state index is -6.40. The Balaban J connectivity index is 3.40. The summed E-state index contributed by atoms with van der Waals surface area (Å²) in [6, 6.07) is 0.686. The van der Waals surface area contributed by atoms with Crippen LogP contribution in [0.15, 0.2) is 12.3 Å². The lowest BCUT2D eigenvalue weighted by atomic mass is 10.1. The summed E-state index contributed by atoms with van der Waals surface area (Å²) < 4.78 is 111. The highest BCUT2D eigenvalue weighted by Crippen LogP contribution is 2.47. The molecule has 7 nitrogen and oxygen atoms in total. The molecule has 0 aliphatic carbocycles. The maximum absolute atomic E-state index is 12.8. The summed E-state index contributed by atoms with van der Waals surface area (Å²) in [6.45, 7) is 0.